The molecule has 1 aliphatic rings. The largest absolute Gasteiger partial charge is 0.311 e. The zero-order valence-corrected chi connectivity index (χ0v) is 15.3. The van der Waals surface area contributed by atoms with Crippen LogP contribution in [0.3, 0.4) is 0 Å². The van der Waals surface area contributed by atoms with E-state index < -0.39 is 0 Å². The standard InChI is InChI=1S/C24H21NO2/c1-17(26)20-12-13-22-21(16-20)14-15-25(22)24(27)23(18-8-4-2-5-9-18)19-10-6-3-7-11-19/h2-13,16,23H,14-15H2,1H3. The maximum Gasteiger partial charge on any atom is 0.239 e. The van der Waals surface area contributed by atoms with Crippen molar-refractivity contribution in [2.24, 2.45) is 0 Å². The van der Waals surface area contributed by atoms with Crippen molar-refractivity contribution in [1.82, 2.24) is 0 Å². The third kappa shape index (κ3) is 3.28. The Morgan fingerprint density at radius 1 is 0.852 bits per heavy atom. The number of rotatable bonds is 4. The van der Waals surface area contributed by atoms with Crippen molar-refractivity contribution in [3.63, 3.8) is 0 Å². The van der Waals surface area contributed by atoms with E-state index in [1.165, 1.54) is 0 Å². The molecule has 0 fully saturated rings. The first-order chi connectivity index (χ1) is 13.1. The molecule has 0 aromatic heterocycles. The van der Waals surface area contributed by atoms with Crippen LogP contribution in [0.15, 0.2) is 78.9 Å². The Labute approximate surface area is 159 Å². The molecule has 0 spiro atoms. The highest BCUT2D eigenvalue weighted by atomic mass is 16.2. The Morgan fingerprint density at radius 3 is 2.00 bits per heavy atom. The molecule has 0 atom stereocenters. The third-order valence-corrected chi connectivity index (χ3v) is 5.16. The molecule has 1 aliphatic heterocycles. The minimum Gasteiger partial charge on any atom is -0.311 e. The SMILES string of the molecule is CC(=O)c1ccc2c(c1)CCN2C(=O)C(c1ccccc1)c1ccccc1. The average molecular weight is 355 g/mol. The van der Waals surface area contributed by atoms with Gasteiger partial charge < -0.3 is 4.90 Å². The van der Waals surface area contributed by atoms with Crippen LogP contribution in [0.2, 0.25) is 0 Å². The molecule has 0 unspecified atom stereocenters. The Balaban J connectivity index is 1.73. The molecular weight excluding hydrogens is 334 g/mol. The summed E-state index contributed by atoms with van der Waals surface area (Å²) in [6, 6.07) is 25.5. The first-order valence-corrected chi connectivity index (χ1v) is 9.20. The second-order valence-electron chi connectivity index (χ2n) is 6.89. The predicted molar refractivity (Wildman–Crippen MR) is 107 cm³/mol. The minimum atomic E-state index is -0.342. The van der Waals surface area contributed by atoms with Gasteiger partial charge in [0.1, 0.15) is 0 Å². The van der Waals surface area contributed by atoms with Gasteiger partial charge in [-0.1, -0.05) is 60.7 Å². The number of ketones is 1. The van der Waals surface area contributed by atoms with Gasteiger partial charge in [-0.25, -0.2) is 0 Å². The highest BCUT2D eigenvalue weighted by Crippen LogP contribution is 2.34. The van der Waals surface area contributed by atoms with Crippen molar-refractivity contribution in [2.75, 3.05) is 11.4 Å². The second kappa shape index (κ2) is 7.20. The van der Waals surface area contributed by atoms with Gasteiger partial charge in [-0.05, 0) is 48.2 Å². The summed E-state index contributed by atoms with van der Waals surface area (Å²) in [5.74, 6) is -0.221. The molecule has 4 rings (SSSR count). The van der Waals surface area contributed by atoms with Gasteiger partial charge in [0.2, 0.25) is 5.91 Å². The molecule has 1 heterocycles. The van der Waals surface area contributed by atoms with Gasteiger partial charge in [-0.15, -0.1) is 0 Å². The van der Waals surface area contributed by atoms with E-state index in [0.29, 0.717) is 12.1 Å². The predicted octanol–water partition coefficient (Wildman–Crippen LogP) is 4.61. The summed E-state index contributed by atoms with van der Waals surface area (Å²) in [5.41, 5.74) is 4.66. The summed E-state index contributed by atoms with van der Waals surface area (Å²) < 4.78 is 0. The molecule has 3 aromatic rings. The molecule has 0 bridgehead atoms. The van der Waals surface area contributed by atoms with Crippen LogP contribution in [0, 0.1) is 0 Å². The van der Waals surface area contributed by atoms with E-state index in [2.05, 4.69) is 0 Å². The van der Waals surface area contributed by atoms with Gasteiger partial charge in [0.25, 0.3) is 0 Å². The summed E-state index contributed by atoms with van der Waals surface area (Å²) in [6.45, 7) is 2.21. The lowest BCUT2D eigenvalue weighted by Crippen LogP contribution is -2.34. The van der Waals surface area contributed by atoms with E-state index in [4.69, 9.17) is 0 Å². The van der Waals surface area contributed by atoms with Crippen molar-refractivity contribution >= 4 is 17.4 Å². The zero-order chi connectivity index (χ0) is 18.8. The molecule has 0 N–H and O–H groups in total. The van der Waals surface area contributed by atoms with Crippen molar-refractivity contribution < 1.29 is 9.59 Å². The number of hydrogen-bond donors (Lipinski definition) is 0. The summed E-state index contributed by atoms with van der Waals surface area (Å²) in [7, 11) is 0. The Hall–Kier alpha value is -3.20. The lowest BCUT2D eigenvalue weighted by atomic mass is 9.90. The molecule has 0 aliphatic carbocycles. The zero-order valence-electron chi connectivity index (χ0n) is 15.3. The van der Waals surface area contributed by atoms with Gasteiger partial charge in [-0.3, -0.25) is 9.59 Å². The molecule has 0 saturated heterocycles. The quantitative estimate of drug-likeness (QED) is 0.641. The number of benzene rings is 3. The molecule has 134 valence electrons. The molecule has 0 saturated carbocycles. The highest BCUT2D eigenvalue weighted by Gasteiger charge is 2.32. The van der Waals surface area contributed by atoms with E-state index in [0.717, 1.165) is 28.8 Å². The Kier molecular flexibility index (Phi) is 4.59. The third-order valence-electron chi connectivity index (χ3n) is 5.16. The van der Waals surface area contributed by atoms with Crippen molar-refractivity contribution in [2.45, 2.75) is 19.3 Å². The van der Waals surface area contributed by atoms with E-state index in [1.807, 2.05) is 83.8 Å². The average Bonchev–Trinajstić information content (AvgIpc) is 3.13. The first kappa shape index (κ1) is 17.2. The maximum atomic E-state index is 13.6. The van der Waals surface area contributed by atoms with E-state index in [9.17, 15) is 9.59 Å². The lowest BCUT2D eigenvalue weighted by Gasteiger charge is -2.25. The summed E-state index contributed by atoms with van der Waals surface area (Å²) >= 11 is 0. The summed E-state index contributed by atoms with van der Waals surface area (Å²) in [4.78, 5) is 27.1. The molecular formula is C24H21NO2. The van der Waals surface area contributed by atoms with Gasteiger partial charge in [0.05, 0.1) is 5.92 Å². The molecule has 3 nitrogen and oxygen atoms in total. The number of fused-ring (bicyclic) bond motifs is 1. The summed E-state index contributed by atoms with van der Waals surface area (Å²) in [6.07, 6.45) is 0.776. The minimum absolute atomic E-state index is 0.0500. The number of amides is 1. The van der Waals surface area contributed by atoms with Crippen LogP contribution < -0.4 is 4.90 Å². The van der Waals surface area contributed by atoms with Crippen LogP contribution in [0.25, 0.3) is 0 Å². The smallest absolute Gasteiger partial charge is 0.239 e. The van der Waals surface area contributed by atoms with Gasteiger partial charge >= 0.3 is 0 Å². The van der Waals surface area contributed by atoms with Crippen LogP contribution in [0.5, 0.6) is 0 Å². The normalized spacial score (nSPS) is 12.9. The fraction of sp³-hybridized carbons (Fsp3) is 0.167. The first-order valence-electron chi connectivity index (χ1n) is 9.20. The van der Waals surface area contributed by atoms with Crippen molar-refractivity contribution in [1.29, 1.82) is 0 Å². The highest BCUT2D eigenvalue weighted by molar-refractivity contribution is 6.02. The number of carbonyl (C=O) groups is 2. The fourth-order valence-corrected chi connectivity index (χ4v) is 3.77. The van der Waals surface area contributed by atoms with Crippen LogP contribution >= 0.6 is 0 Å². The number of anilines is 1. The molecule has 0 radical (unpaired) electrons. The lowest BCUT2D eigenvalue weighted by molar-refractivity contribution is -0.119. The van der Waals surface area contributed by atoms with Gasteiger partial charge in [0.15, 0.2) is 5.78 Å². The van der Waals surface area contributed by atoms with Crippen molar-refractivity contribution in [3.8, 4) is 0 Å². The molecule has 3 aromatic carbocycles. The number of Topliss-reactive ketones (excluding diaryl/α,β-unsaturated/α-hetero) is 1. The second-order valence-corrected chi connectivity index (χ2v) is 6.89. The maximum absolute atomic E-state index is 13.6. The molecule has 27 heavy (non-hydrogen) atoms. The van der Waals surface area contributed by atoms with Gasteiger partial charge in [-0.2, -0.15) is 0 Å². The number of carbonyl (C=O) groups excluding carboxylic acids is 2. The van der Waals surface area contributed by atoms with Crippen LogP contribution in [-0.4, -0.2) is 18.2 Å². The topological polar surface area (TPSA) is 37.4 Å². The fourth-order valence-electron chi connectivity index (χ4n) is 3.77. The van der Waals surface area contributed by atoms with E-state index in [1.54, 1.807) is 6.92 Å². The van der Waals surface area contributed by atoms with Crippen molar-refractivity contribution in [3.05, 3.63) is 101 Å². The number of nitrogens with zero attached hydrogens (tertiary/aromatic N) is 1. The van der Waals surface area contributed by atoms with E-state index >= 15 is 0 Å². The van der Waals surface area contributed by atoms with Crippen LogP contribution in [-0.2, 0) is 11.2 Å². The van der Waals surface area contributed by atoms with E-state index in [-0.39, 0.29) is 17.6 Å². The summed E-state index contributed by atoms with van der Waals surface area (Å²) in [5, 5.41) is 0. The van der Waals surface area contributed by atoms with Gasteiger partial charge in [0, 0.05) is 17.8 Å². The molecule has 3 heteroatoms. The Bertz CT molecular complexity index is 940. The molecule has 1 amide bonds. The van der Waals surface area contributed by atoms with Crippen LogP contribution in [0.1, 0.15) is 39.9 Å². The monoisotopic (exact) mass is 355 g/mol. The number of hydrogen-bond acceptors (Lipinski definition) is 2. The van der Waals surface area contributed by atoms with Crippen LogP contribution in [0.4, 0.5) is 5.69 Å². The Morgan fingerprint density at radius 2 is 1.44 bits per heavy atom.